The van der Waals surface area contributed by atoms with Gasteiger partial charge in [0.05, 0.1) is 0 Å². The Balaban J connectivity index is 1.97. The molecule has 1 unspecified atom stereocenters. The molecule has 0 saturated heterocycles. The van der Waals surface area contributed by atoms with Gasteiger partial charge in [0.15, 0.2) is 0 Å². The molecule has 3 heteroatoms. The maximum Gasteiger partial charge on any atom is 0.142 e. The molecule has 3 rings (SSSR count). The lowest BCUT2D eigenvalue weighted by atomic mass is 10.0. The van der Waals surface area contributed by atoms with E-state index in [0.717, 1.165) is 12.0 Å². The van der Waals surface area contributed by atoms with E-state index in [0.29, 0.717) is 5.82 Å². The zero-order valence-electron chi connectivity index (χ0n) is 9.93. The van der Waals surface area contributed by atoms with Gasteiger partial charge in [0.2, 0.25) is 0 Å². The van der Waals surface area contributed by atoms with E-state index >= 15 is 0 Å². The highest BCUT2D eigenvalue weighted by Crippen LogP contribution is 2.27. The van der Waals surface area contributed by atoms with Crippen molar-refractivity contribution in [3.8, 4) is 0 Å². The second-order valence-electron chi connectivity index (χ2n) is 4.68. The summed E-state index contributed by atoms with van der Waals surface area (Å²) in [5.41, 5.74) is 3.76. The summed E-state index contributed by atoms with van der Waals surface area (Å²) in [6, 6.07) is 6.29. The van der Waals surface area contributed by atoms with Crippen LogP contribution in [0.4, 0.5) is 0 Å². The predicted octanol–water partition coefficient (Wildman–Crippen LogP) is 1.99. The fourth-order valence-corrected chi connectivity index (χ4v) is 2.55. The van der Waals surface area contributed by atoms with E-state index < -0.39 is 6.10 Å². The molecule has 1 atom stereocenters. The van der Waals surface area contributed by atoms with Crippen LogP contribution in [0.2, 0.25) is 0 Å². The Kier molecular flexibility index (Phi) is 2.48. The van der Waals surface area contributed by atoms with Gasteiger partial charge in [0.1, 0.15) is 11.9 Å². The Labute approximate surface area is 101 Å². The Hall–Kier alpha value is -1.61. The van der Waals surface area contributed by atoms with Crippen LogP contribution in [0.3, 0.4) is 0 Å². The number of aryl methyl sites for hydroxylation is 3. The molecule has 1 aromatic carbocycles. The van der Waals surface area contributed by atoms with Crippen LogP contribution >= 0.6 is 0 Å². The summed E-state index contributed by atoms with van der Waals surface area (Å²) >= 11 is 0. The molecule has 1 aliphatic rings. The van der Waals surface area contributed by atoms with Gasteiger partial charge in [0.25, 0.3) is 0 Å². The lowest BCUT2D eigenvalue weighted by Crippen LogP contribution is -2.07. The Morgan fingerprint density at radius 2 is 2.12 bits per heavy atom. The van der Waals surface area contributed by atoms with Crippen molar-refractivity contribution in [2.45, 2.75) is 25.4 Å². The molecular formula is C14H16N2O. The number of aromatic nitrogens is 2. The Morgan fingerprint density at radius 3 is 2.88 bits per heavy atom. The minimum atomic E-state index is -0.624. The first-order valence-electron chi connectivity index (χ1n) is 6.02. The molecule has 1 aliphatic carbocycles. The van der Waals surface area contributed by atoms with E-state index in [-0.39, 0.29) is 0 Å². The van der Waals surface area contributed by atoms with Crippen molar-refractivity contribution in [2.75, 3.05) is 0 Å². The van der Waals surface area contributed by atoms with Crippen LogP contribution < -0.4 is 0 Å². The van der Waals surface area contributed by atoms with Crippen LogP contribution in [-0.4, -0.2) is 14.7 Å². The molecule has 88 valence electrons. The average Bonchev–Trinajstić information content (AvgIpc) is 2.95. The highest BCUT2D eigenvalue weighted by atomic mass is 16.3. The molecule has 17 heavy (non-hydrogen) atoms. The fourth-order valence-electron chi connectivity index (χ4n) is 2.55. The Morgan fingerprint density at radius 1 is 1.29 bits per heavy atom. The monoisotopic (exact) mass is 228 g/mol. The standard InChI is InChI=1S/C14H16N2O/c1-16-8-7-15-14(16)13(17)12-6-5-10-3-2-4-11(10)9-12/h5-9,13,17H,2-4H2,1H3. The van der Waals surface area contributed by atoms with Crippen LogP contribution in [0.5, 0.6) is 0 Å². The molecular weight excluding hydrogens is 212 g/mol. The SMILES string of the molecule is Cn1ccnc1C(O)c1ccc2c(c1)CCC2. The lowest BCUT2D eigenvalue weighted by Gasteiger charge is -2.12. The predicted molar refractivity (Wildman–Crippen MR) is 65.7 cm³/mol. The maximum atomic E-state index is 10.3. The second-order valence-corrected chi connectivity index (χ2v) is 4.68. The van der Waals surface area contributed by atoms with Crippen LogP contribution in [0.15, 0.2) is 30.6 Å². The summed E-state index contributed by atoms with van der Waals surface area (Å²) in [5, 5.41) is 10.3. The van der Waals surface area contributed by atoms with Crippen molar-refractivity contribution in [3.63, 3.8) is 0 Å². The summed E-state index contributed by atoms with van der Waals surface area (Å²) in [7, 11) is 1.90. The molecule has 3 nitrogen and oxygen atoms in total. The molecule has 1 aromatic heterocycles. The van der Waals surface area contributed by atoms with Crippen molar-refractivity contribution in [1.82, 2.24) is 9.55 Å². The van der Waals surface area contributed by atoms with E-state index in [9.17, 15) is 5.11 Å². The van der Waals surface area contributed by atoms with E-state index in [1.54, 1.807) is 6.20 Å². The fraction of sp³-hybridized carbons (Fsp3) is 0.357. The summed E-state index contributed by atoms with van der Waals surface area (Å²) in [5.74, 6) is 0.697. The summed E-state index contributed by atoms with van der Waals surface area (Å²) in [6.07, 6.45) is 6.49. The van der Waals surface area contributed by atoms with Gasteiger partial charge in [-0.15, -0.1) is 0 Å². The largest absolute Gasteiger partial charge is 0.380 e. The van der Waals surface area contributed by atoms with Crippen LogP contribution in [-0.2, 0) is 19.9 Å². The zero-order chi connectivity index (χ0) is 11.8. The van der Waals surface area contributed by atoms with Crippen molar-refractivity contribution in [2.24, 2.45) is 7.05 Å². The minimum absolute atomic E-state index is 0.624. The third-order valence-electron chi connectivity index (χ3n) is 3.54. The third kappa shape index (κ3) is 1.76. The second kappa shape index (κ2) is 4.00. The number of aliphatic hydroxyl groups is 1. The van der Waals surface area contributed by atoms with Crippen molar-refractivity contribution in [1.29, 1.82) is 0 Å². The molecule has 0 aliphatic heterocycles. The number of hydrogen-bond donors (Lipinski definition) is 1. The smallest absolute Gasteiger partial charge is 0.142 e. The topological polar surface area (TPSA) is 38.0 Å². The summed E-state index contributed by atoms with van der Waals surface area (Å²) in [4.78, 5) is 4.20. The van der Waals surface area contributed by atoms with Crippen molar-refractivity contribution >= 4 is 0 Å². The van der Waals surface area contributed by atoms with Crippen LogP contribution in [0, 0.1) is 0 Å². The third-order valence-corrected chi connectivity index (χ3v) is 3.54. The number of hydrogen-bond acceptors (Lipinski definition) is 2. The lowest BCUT2D eigenvalue weighted by molar-refractivity contribution is 0.206. The molecule has 0 bridgehead atoms. The molecule has 1 heterocycles. The normalized spacial score (nSPS) is 15.9. The number of fused-ring (bicyclic) bond motifs is 1. The number of rotatable bonds is 2. The van der Waals surface area contributed by atoms with Gasteiger partial charge in [-0.3, -0.25) is 0 Å². The van der Waals surface area contributed by atoms with E-state index in [1.807, 2.05) is 23.9 Å². The minimum Gasteiger partial charge on any atom is -0.380 e. The maximum absolute atomic E-state index is 10.3. The first kappa shape index (κ1) is 10.5. The quantitative estimate of drug-likeness (QED) is 0.853. The van der Waals surface area contributed by atoms with Gasteiger partial charge in [-0.1, -0.05) is 18.2 Å². The number of aliphatic hydroxyl groups excluding tert-OH is 1. The first-order chi connectivity index (χ1) is 8.25. The first-order valence-corrected chi connectivity index (χ1v) is 6.02. The number of benzene rings is 1. The molecule has 0 radical (unpaired) electrons. The van der Waals surface area contributed by atoms with Gasteiger partial charge in [-0.05, 0) is 36.0 Å². The van der Waals surface area contributed by atoms with E-state index in [1.165, 1.54) is 24.0 Å². The molecule has 0 saturated carbocycles. The number of imidazole rings is 1. The average molecular weight is 228 g/mol. The van der Waals surface area contributed by atoms with Gasteiger partial charge in [-0.2, -0.15) is 0 Å². The zero-order valence-corrected chi connectivity index (χ0v) is 9.93. The molecule has 0 amide bonds. The van der Waals surface area contributed by atoms with Crippen molar-refractivity contribution < 1.29 is 5.11 Å². The highest BCUT2D eigenvalue weighted by molar-refractivity contribution is 5.37. The van der Waals surface area contributed by atoms with Gasteiger partial charge < -0.3 is 9.67 Å². The molecule has 1 N–H and O–H groups in total. The molecule has 2 aromatic rings. The van der Waals surface area contributed by atoms with Crippen LogP contribution in [0.25, 0.3) is 0 Å². The summed E-state index contributed by atoms with van der Waals surface area (Å²) < 4.78 is 1.86. The molecule has 0 fully saturated rings. The van der Waals surface area contributed by atoms with Gasteiger partial charge >= 0.3 is 0 Å². The van der Waals surface area contributed by atoms with Gasteiger partial charge in [0, 0.05) is 19.4 Å². The van der Waals surface area contributed by atoms with Crippen molar-refractivity contribution in [3.05, 3.63) is 53.1 Å². The van der Waals surface area contributed by atoms with E-state index in [2.05, 4.69) is 17.1 Å². The van der Waals surface area contributed by atoms with E-state index in [4.69, 9.17) is 0 Å². The molecule has 0 spiro atoms. The van der Waals surface area contributed by atoms with Gasteiger partial charge in [-0.25, -0.2) is 4.98 Å². The summed E-state index contributed by atoms with van der Waals surface area (Å²) in [6.45, 7) is 0. The van der Waals surface area contributed by atoms with Crippen LogP contribution in [0.1, 0.15) is 35.0 Å². The Bertz CT molecular complexity index is 545. The highest BCUT2D eigenvalue weighted by Gasteiger charge is 2.18. The number of nitrogens with zero attached hydrogens (tertiary/aromatic N) is 2.